The number of hydrogen-bond donors (Lipinski definition) is 1. The minimum atomic E-state index is -0.643. The molecule has 0 amide bonds. The van der Waals surface area contributed by atoms with Crippen molar-refractivity contribution < 1.29 is 14.2 Å². The van der Waals surface area contributed by atoms with E-state index in [0.29, 0.717) is 18.3 Å². The molecule has 4 heterocycles. The summed E-state index contributed by atoms with van der Waals surface area (Å²) in [7, 11) is 3.24. The van der Waals surface area contributed by atoms with Crippen molar-refractivity contribution in [3.05, 3.63) is 54.0 Å². The largest absolute Gasteiger partial charge is 0.481 e. The summed E-state index contributed by atoms with van der Waals surface area (Å²) < 4.78 is 19.2. The third-order valence-electron chi connectivity index (χ3n) is 5.28. The van der Waals surface area contributed by atoms with Gasteiger partial charge in [-0.05, 0) is 32.1 Å². The Balaban J connectivity index is 1.83. The van der Waals surface area contributed by atoms with Crippen molar-refractivity contribution in [1.82, 2.24) is 30.0 Å². The van der Waals surface area contributed by atoms with Crippen LogP contribution >= 0.6 is 0 Å². The molecule has 1 N–H and O–H groups in total. The van der Waals surface area contributed by atoms with E-state index in [4.69, 9.17) is 14.2 Å². The van der Waals surface area contributed by atoms with Crippen molar-refractivity contribution in [3.8, 4) is 17.3 Å². The van der Waals surface area contributed by atoms with Crippen LogP contribution in [-0.4, -0.2) is 52.0 Å². The van der Waals surface area contributed by atoms with Gasteiger partial charge in [-0.2, -0.15) is 0 Å². The highest BCUT2D eigenvalue weighted by molar-refractivity contribution is 5.36. The van der Waals surface area contributed by atoms with Gasteiger partial charge in [-0.1, -0.05) is 0 Å². The van der Waals surface area contributed by atoms with Crippen molar-refractivity contribution in [2.75, 3.05) is 27.3 Å². The van der Waals surface area contributed by atoms with Crippen LogP contribution in [0.4, 0.5) is 0 Å². The molecule has 9 heteroatoms. The van der Waals surface area contributed by atoms with E-state index in [1.54, 1.807) is 32.8 Å². The van der Waals surface area contributed by atoms with Crippen LogP contribution in [0.15, 0.2) is 36.8 Å². The van der Waals surface area contributed by atoms with Crippen LogP contribution in [-0.2, 0) is 16.9 Å². The Morgan fingerprint density at radius 1 is 1.10 bits per heavy atom. The molecule has 0 saturated carbocycles. The lowest BCUT2D eigenvalue weighted by atomic mass is 9.90. The summed E-state index contributed by atoms with van der Waals surface area (Å²) in [6, 6.07) is 5.65. The number of aryl methyl sites for hydroxylation is 1. The number of pyridine rings is 2. The van der Waals surface area contributed by atoms with Crippen LogP contribution in [0, 0.1) is 6.92 Å². The SMILES string of the molecule is COCc1nnc(C2(Oc3ccncc3C)CCNCC2)n1-c1ccc(OC)nc1. The minimum Gasteiger partial charge on any atom is -0.481 e. The van der Waals surface area contributed by atoms with E-state index in [9.17, 15) is 0 Å². The molecule has 0 unspecified atom stereocenters. The van der Waals surface area contributed by atoms with E-state index in [1.807, 2.05) is 29.7 Å². The van der Waals surface area contributed by atoms with E-state index < -0.39 is 5.60 Å². The third-order valence-corrected chi connectivity index (χ3v) is 5.28. The standard InChI is InChI=1S/C21H26N6O3/c1-15-12-23-9-6-17(15)30-21(7-10-22-11-8-21)20-26-25-18(14-28-2)27(20)16-4-5-19(29-3)24-13-16/h4-6,9,12-13,22H,7-8,10-11,14H2,1-3H3. The van der Waals surface area contributed by atoms with Gasteiger partial charge in [0, 0.05) is 44.0 Å². The molecule has 0 aliphatic carbocycles. The fourth-order valence-electron chi connectivity index (χ4n) is 3.72. The van der Waals surface area contributed by atoms with Gasteiger partial charge in [0.25, 0.3) is 0 Å². The molecule has 3 aromatic heterocycles. The molecule has 1 fully saturated rings. The van der Waals surface area contributed by atoms with Gasteiger partial charge in [0.1, 0.15) is 12.4 Å². The van der Waals surface area contributed by atoms with E-state index in [0.717, 1.165) is 48.8 Å². The Bertz CT molecular complexity index is 983. The average Bonchev–Trinajstić information content (AvgIpc) is 3.21. The molecule has 0 radical (unpaired) electrons. The number of ether oxygens (including phenoxy) is 3. The summed E-state index contributed by atoms with van der Waals surface area (Å²) in [6.07, 6.45) is 6.80. The second-order valence-corrected chi connectivity index (χ2v) is 7.25. The molecule has 0 atom stereocenters. The molecule has 3 aromatic rings. The van der Waals surface area contributed by atoms with Crippen LogP contribution in [0.2, 0.25) is 0 Å². The van der Waals surface area contributed by atoms with Gasteiger partial charge in [0.2, 0.25) is 5.88 Å². The van der Waals surface area contributed by atoms with Gasteiger partial charge in [-0.15, -0.1) is 10.2 Å². The Morgan fingerprint density at radius 2 is 1.93 bits per heavy atom. The topological polar surface area (TPSA) is 96.2 Å². The molecular weight excluding hydrogens is 384 g/mol. The van der Waals surface area contributed by atoms with Gasteiger partial charge >= 0.3 is 0 Å². The maximum absolute atomic E-state index is 6.67. The molecule has 0 aromatic carbocycles. The Hall–Kier alpha value is -3.04. The first-order valence-electron chi connectivity index (χ1n) is 9.91. The maximum Gasteiger partial charge on any atom is 0.213 e. The zero-order valence-electron chi connectivity index (χ0n) is 17.5. The maximum atomic E-state index is 6.67. The minimum absolute atomic E-state index is 0.321. The molecule has 0 bridgehead atoms. The highest BCUT2D eigenvalue weighted by Crippen LogP contribution is 2.37. The zero-order valence-corrected chi connectivity index (χ0v) is 17.5. The number of piperidine rings is 1. The lowest BCUT2D eigenvalue weighted by Gasteiger charge is -2.37. The van der Waals surface area contributed by atoms with Crippen molar-refractivity contribution in [2.24, 2.45) is 0 Å². The zero-order chi connectivity index (χ0) is 21.0. The second-order valence-electron chi connectivity index (χ2n) is 7.25. The Labute approximate surface area is 175 Å². The van der Waals surface area contributed by atoms with Crippen molar-refractivity contribution in [1.29, 1.82) is 0 Å². The van der Waals surface area contributed by atoms with Crippen LogP contribution < -0.4 is 14.8 Å². The average molecular weight is 410 g/mol. The Morgan fingerprint density at radius 3 is 2.60 bits per heavy atom. The van der Waals surface area contributed by atoms with Crippen molar-refractivity contribution >= 4 is 0 Å². The quantitative estimate of drug-likeness (QED) is 0.633. The lowest BCUT2D eigenvalue weighted by Crippen LogP contribution is -2.46. The predicted molar refractivity (Wildman–Crippen MR) is 110 cm³/mol. The van der Waals surface area contributed by atoms with Crippen LogP contribution in [0.1, 0.15) is 30.1 Å². The van der Waals surface area contributed by atoms with Gasteiger partial charge in [0.05, 0.1) is 19.0 Å². The molecular formula is C21H26N6O3. The summed E-state index contributed by atoms with van der Waals surface area (Å²) in [5, 5.41) is 12.4. The van der Waals surface area contributed by atoms with Crippen LogP contribution in [0.25, 0.3) is 5.69 Å². The van der Waals surface area contributed by atoms with Gasteiger partial charge < -0.3 is 19.5 Å². The predicted octanol–water partition coefficient (Wildman–Crippen LogP) is 2.18. The van der Waals surface area contributed by atoms with Crippen LogP contribution in [0.5, 0.6) is 11.6 Å². The second kappa shape index (κ2) is 8.76. The number of hydrogen-bond acceptors (Lipinski definition) is 8. The summed E-state index contributed by atoms with van der Waals surface area (Å²) >= 11 is 0. The molecule has 1 saturated heterocycles. The molecule has 30 heavy (non-hydrogen) atoms. The molecule has 158 valence electrons. The molecule has 9 nitrogen and oxygen atoms in total. The molecule has 4 rings (SSSR count). The fraction of sp³-hybridized carbons (Fsp3) is 0.429. The van der Waals surface area contributed by atoms with E-state index in [2.05, 4.69) is 25.5 Å². The molecule has 1 aliphatic rings. The number of rotatable bonds is 7. The Kier molecular flexibility index (Phi) is 5.91. The number of aromatic nitrogens is 5. The van der Waals surface area contributed by atoms with E-state index in [-0.39, 0.29) is 0 Å². The normalized spacial score (nSPS) is 15.7. The van der Waals surface area contributed by atoms with E-state index in [1.165, 1.54) is 0 Å². The number of nitrogens with one attached hydrogen (secondary N) is 1. The summed E-state index contributed by atoms with van der Waals surface area (Å²) in [5.74, 6) is 2.76. The first-order chi connectivity index (χ1) is 14.7. The third kappa shape index (κ3) is 3.86. The highest BCUT2D eigenvalue weighted by atomic mass is 16.5. The fourth-order valence-corrected chi connectivity index (χ4v) is 3.72. The first kappa shape index (κ1) is 20.2. The van der Waals surface area contributed by atoms with Crippen molar-refractivity contribution in [2.45, 2.75) is 32.0 Å². The first-order valence-corrected chi connectivity index (χ1v) is 9.91. The molecule has 1 aliphatic heterocycles. The number of nitrogens with zero attached hydrogens (tertiary/aromatic N) is 5. The highest BCUT2D eigenvalue weighted by Gasteiger charge is 2.42. The van der Waals surface area contributed by atoms with E-state index >= 15 is 0 Å². The van der Waals surface area contributed by atoms with Gasteiger partial charge in [-0.3, -0.25) is 9.55 Å². The lowest BCUT2D eigenvalue weighted by molar-refractivity contribution is 0.0218. The van der Waals surface area contributed by atoms with Gasteiger partial charge in [-0.25, -0.2) is 4.98 Å². The monoisotopic (exact) mass is 410 g/mol. The molecule has 0 spiro atoms. The summed E-state index contributed by atoms with van der Waals surface area (Å²) in [4.78, 5) is 8.54. The summed E-state index contributed by atoms with van der Waals surface area (Å²) in [5.41, 5.74) is 1.16. The summed E-state index contributed by atoms with van der Waals surface area (Å²) in [6.45, 7) is 3.95. The number of methoxy groups -OCH3 is 2. The van der Waals surface area contributed by atoms with Crippen molar-refractivity contribution in [3.63, 3.8) is 0 Å². The smallest absolute Gasteiger partial charge is 0.213 e. The van der Waals surface area contributed by atoms with Gasteiger partial charge in [0.15, 0.2) is 17.2 Å². The van der Waals surface area contributed by atoms with Crippen LogP contribution in [0.3, 0.4) is 0 Å².